The number of nitrogens with one attached hydrogen (secondary N) is 1. The lowest BCUT2D eigenvalue weighted by atomic mass is 9.97. The monoisotopic (exact) mass is 283 g/mol. The molecule has 0 aliphatic carbocycles. The quantitative estimate of drug-likeness (QED) is 0.761. The Bertz CT molecular complexity index is 308. The SMILES string of the molecule is CCCC(CCC)C(=O)N(C)CC(=O)N1CCNCC1. The molecule has 0 bridgehead atoms. The van der Waals surface area contributed by atoms with Gasteiger partial charge in [-0.3, -0.25) is 9.59 Å². The van der Waals surface area contributed by atoms with Gasteiger partial charge in [0, 0.05) is 39.1 Å². The lowest BCUT2D eigenvalue weighted by Gasteiger charge is -2.30. The van der Waals surface area contributed by atoms with E-state index < -0.39 is 0 Å². The molecule has 0 atom stereocenters. The number of hydrogen-bond donors (Lipinski definition) is 1. The second-order valence-electron chi connectivity index (χ2n) is 5.60. The maximum absolute atomic E-state index is 12.4. The molecule has 116 valence electrons. The van der Waals surface area contributed by atoms with E-state index in [1.807, 2.05) is 4.90 Å². The van der Waals surface area contributed by atoms with Gasteiger partial charge >= 0.3 is 0 Å². The summed E-state index contributed by atoms with van der Waals surface area (Å²) < 4.78 is 0. The summed E-state index contributed by atoms with van der Waals surface area (Å²) in [6.45, 7) is 7.59. The zero-order valence-corrected chi connectivity index (χ0v) is 13.2. The molecule has 5 heteroatoms. The van der Waals surface area contributed by atoms with Crippen molar-refractivity contribution in [1.29, 1.82) is 0 Å². The van der Waals surface area contributed by atoms with Crippen molar-refractivity contribution in [3.05, 3.63) is 0 Å². The minimum atomic E-state index is 0.0640. The molecule has 1 fully saturated rings. The molecule has 0 aromatic heterocycles. The Kier molecular flexibility index (Phi) is 7.59. The predicted molar refractivity (Wildman–Crippen MR) is 80.4 cm³/mol. The molecule has 1 aliphatic rings. The molecule has 1 aliphatic heterocycles. The number of carbonyl (C=O) groups is 2. The lowest BCUT2D eigenvalue weighted by Crippen LogP contribution is -2.50. The smallest absolute Gasteiger partial charge is 0.242 e. The molecule has 0 saturated carbocycles. The van der Waals surface area contributed by atoms with Gasteiger partial charge in [-0.15, -0.1) is 0 Å². The molecule has 2 amide bonds. The van der Waals surface area contributed by atoms with Crippen LogP contribution in [-0.4, -0.2) is 61.4 Å². The van der Waals surface area contributed by atoms with E-state index in [-0.39, 0.29) is 24.3 Å². The number of nitrogens with zero attached hydrogens (tertiary/aromatic N) is 2. The third-order valence-corrected chi connectivity index (χ3v) is 3.84. The summed E-state index contributed by atoms with van der Waals surface area (Å²) in [4.78, 5) is 28.0. The number of hydrogen-bond acceptors (Lipinski definition) is 3. The van der Waals surface area contributed by atoms with Crippen molar-refractivity contribution in [1.82, 2.24) is 15.1 Å². The first-order valence-electron chi connectivity index (χ1n) is 7.83. The molecule has 5 nitrogen and oxygen atoms in total. The summed E-state index contributed by atoms with van der Waals surface area (Å²) in [6, 6.07) is 0. The molecule has 0 aromatic rings. The van der Waals surface area contributed by atoms with Gasteiger partial charge in [0.25, 0.3) is 0 Å². The molecule has 1 saturated heterocycles. The van der Waals surface area contributed by atoms with Crippen molar-refractivity contribution in [3.63, 3.8) is 0 Å². The van der Waals surface area contributed by atoms with Crippen LogP contribution in [0, 0.1) is 5.92 Å². The fraction of sp³-hybridized carbons (Fsp3) is 0.867. The largest absolute Gasteiger partial charge is 0.339 e. The molecule has 0 radical (unpaired) electrons. The Labute approximate surface area is 122 Å². The Hall–Kier alpha value is -1.10. The summed E-state index contributed by atoms with van der Waals surface area (Å²) in [5.74, 6) is 0.261. The van der Waals surface area contributed by atoms with Crippen molar-refractivity contribution in [2.75, 3.05) is 39.8 Å². The highest BCUT2D eigenvalue weighted by molar-refractivity contribution is 5.85. The van der Waals surface area contributed by atoms with Gasteiger partial charge in [-0.05, 0) is 12.8 Å². The number of carbonyl (C=O) groups excluding carboxylic acids is 2. The predicted octanol–water partition coefficient (Wildman–Crippen LogP) is 1.09. The topological polar surface area (TPSA) is 52.7 Å². The molecule has 0 aromatic carbocycles. The standard InChI is InChI=1S/C15H29N3O2/c1-4-6-13(7-5-2)15(20)17(3)12-14(19)18-10-8-16-9-11-18/h13,16H,4-12H2,1-3H3. The minimum absolute atomic E-state index is 0.0640. The zero-order valence-electron chi connectivity index (χ0n) is 13.2. The van der Waals surface area contributed by atoms with E-state index in [1.54, 1.807) is 11.9 Å². The molecule has 0 spiro atoms. The lowest BCUT2D eigenvalue weighted by molar-refractivity contribution is -0.142. The Morgan fingerprint density at radius 2 is 1.70 bits per heavy atom. The number of likely N-dealkylation sites (N-methyl/N-ethyl adjacent to an activating group) is 1. The number of amides is 2. The van der Waals surface area contributed by atoms with E-state index in [0.717, 1.165) is 51.9 Å². The van der Waals surface area contributed by atoms with Crippen molar-refractivity contribution in [2.45, 2.75) is 39.5 Å². The summed E-state index contributed by atoms with van der Waals surface area (Å²) in [7, 11) is 1.75. The molecule has 0 unspecified atom stereocenters. The van der Waals surface area contributed by atoms with Crippen LogP contribution in [0.2, 0.25) is 0 Å². The van der Waals surface area contributed by atoms with E-state index >= 15 is 0 Å². The van der Waals surface area contributed by atoms with E-state index in [1.165, 1.54) is 0 Å². The minimum Gasteiger partial charge on any atom is -0.339 e. The van der Waals surface area contributed by atoms with Crippen LogP contribution in [0.3, 0.4) is 0 Å². The van der Waals surface area contributed by atoms with Crippen molar-refractivity contribution >= 4 is 11.8 Å². The van der Waals surface area contributed by atoms with Gasteiger partial charge in [0.15, 0.2) is 0 Å². The van der Waals surface area contributed by atoms with Gasteiger partial charge in [-0.1, -0.05) is 26.7 Å². The second-order valence-corrected chi connectivity index (χ2v) is 5.60. The third-order valence-electron chi connectivity index (χ3n) is 3.84. The maximum Gasteiger partial charge on any atom is 0.242 e. The molecule has 1 N–H and O–H groups in total. The van der Waals surface area contributed by atoms with Gasteiger partial charge in [-0.25, -0.2) is 0 Å². The van der Waals surface area contributed by atoms with Gasteiger partial charge in [0.2, 0.25) is 11.8 Å². The van der Waals surface area contributed by atoms with Crippen LogP contribution in [0.1, 0.15) is 39.5 Å². The Morgan fingerprint density at radius 3 is 2.20 bits per heavy atom. The van der Waals surface area contributed by atoms with Crippen LogP contribution in [0.4, 0.5) is 0 Å². The van der Waals surface area contributed by atoms with Crippen LogP contribution >= 0.6 is 0 Å². The number of rotatable bonds is 7. The summed E-state index contributed by atoms with van der Waals surface area (Å²) in [5, 5.41) is 3.22. The van der Waals surface area contributed by atoms with E-state index in [0.29, 0.717) is 0 Å². The van der Waals surface area contributed by atoms with Crippen LogP contribution in [0.15, 0.2) is 0 Å². The highest BCUT2D eigenvalue weighted by Gasteiger charge is 2.24. The zero-order chi connectivity index (χ0) is 15.0. The van der Waals surface area contributed by atoms with E-state index in [9.17, 15) is 9.59 Å². The maximum atomic E-state index is 12.4. The average molecular weight is 283 g/mol. The molecular weight excluding hydrogens is 254 g/mol. The van der Waals surface area contributed by atoms with Gasteiger partial charge in [0.1, 0.15) is 0 Å². The number of piperazine rings is 1. The van der Waals surface area contributed by atoms with Crippen LogP contribution < -0.4 is 5.32 Å². The first kappa shape index (κ1) is 17.0. The van der Waals surface area contributed by atoms with Crippen LogP contribution in [0.25, 0.3) is 0 Å². The summed E-state index contributed by atoms with van der Waals surface area (Å²) >= 11 is 0. The highest BCUT2D eigenvalue weighted by Crippen LogP contribution is 2.16. The van der Waals surface area contributed by atoms with E-state index in [2.05, 4.69) is 19.2 Å². The third kappa shape index (κ3) is 5.12. The molecule has 1 heterocycles. The van der Waals surface area contributed by atoms with Crippen LogP contribution in [-0.2, 0) is 9.59 Å². The first-order chi connectivity index (χ1) is 9.60. The van der Waals surface area contributed by atoms with Gasteiger partial charge < -0.3 is 15.1 Å². The second kappa shape index (κ2) is 8.95. The van der Waals surface area contributed by atoms with Crippen molar-refractivity contribution < 1.29 is 9.59 Å². The highest BCUT2D eigenvalue weighted by atomic mass is 16.2. The molecular formula is C15H29N3O2. The van der Waals surface area contributed by atoms with Gasteiger partial charge in [0.05, 0.1) is 6.54 Å². The summed E-state index contributed by atoms with van der Waals surface area (Å²) in [5.41, 5.74) is 0. The fourth-order valence-electron chi connectivity index (χ4n) is 2.69. The molecule has 20 heavy (non-hydrogen) atoms. The fourth-order valence-corrected chi connectivity index (χ4v) is 2.69. The van der Waals surface area contributed by atoms with Crippen LogP contribution in [0.5, 0.6) is 0 Å². The normalized spacial score (nSPS) is 15.5. The Morgan fingerprint density at radius 1 is 1.15 bits per heavy atom. The van der Waals surface area contributed by atoms with Gasteiger partial charge in [-0.2, -0.15) is 0 Å². The van der Waals surface area contributed by atoms with Crippen molar-refractivity contribution in [3.8, 4) is 0 Å². The summed E-state index contributed by atoms with van der Waals surface area (Å²) in [6.07, 6.45) is 3.85. The molecule has 1 rings (SSSR count). The average Bonchev–Trinajstić information content (AvgIpc) is 2.47. The first-order valence-corrected chi connectivity index (χ1v) is 7.83. The Balaban J connectivity index is 2.48. The van der Waals surface area contributed by atoms with Crippen molar-refractivity contribution in [2.24, 2.45) is 5.92 Å². The van der Waals surface area contributed by atoms with E-state index in [4.69, 9.17) is 0 Å².